The van der Waals surface area contributed by atoms with E-state index in [1.807, 2.05) is 34.6 Å². The van der Waals surface area contributed by atoms with Gasteiger partial charge < -0.3 is 15.0 Å². The Balaban J connectivity index is 1.48. The van der Waals surface area contributed by atoms with E-state index in [1.54, 1.807) is 23.1 Å². The van der Waals surface area contributed by atoms with Gasteiger partial charge in [-0.15, -0.1) is 0 Å². The Labute approximate surface area is 173 Å². The molecule has 2 heterocycles. The molecule has 6 nitrogen and oxygen atoms in total. The summed E-state index contributed by atoms with van der Waals surface area (Å²) in [6.45, 7) is 1.52. The lowest BCUT2D eigenvalue weighted by molar-refractivity contribution is -0.148. The van der Waals surface area contributed by atoms with Gasteiger partial charge >= 0.3 is 5.97 Å². The van der Waals surface area contributed by atoms with Crippen molar-refractivity contribution in [1.29, 1.82) is 0 Å². The van der Waals surface area contributed by atoms with Gasteiger partial charge in [0, 0.05) is 29.9 Å². The molecule has 1 aromatic rings. The second-order valence-corrected chi connectivity index (χ2v) is 9.91. The highest BCUT2D eigenvalue weighted by molar-refractivity contribution is 8.77. The molecule has 1 saturated heterocycles. The number of esters is 1. The van der Waals surface area contributed by atoms with Crippen LogP contribution in [0, 0.1) is 0 Å². The summed E-state index contributed by atoms with van der Waals surface area (Å²) in [5, 5.41) is 3.53. The van der Waals surface area contributed by atoms with E-state index in [1.165, 1.54) is 12.2 Å². The number of amides is 2. The number of ether oxygens (including phenoxy) is 1. The number of anilines is 2. The van der Waals surface area contributed by atoms with Crippen LogP contribution >= 0.6 is 21.6 Å². The fraction of sp³-hybridized carbons (Fsp3) is 0.550. The molecule has 0 radical (unpaired) electrons. The lowest BCUT2D eigenvalue weighted by atomic mass is 10.1. The minimum absolute atomic E-state index is 0.133. The van der Waals surface area contributed by atoms with Crippen molar-refractivity contribution in [3.8, 4) is 0 Å². The molecular formula is C20H26N2O4S2. The van der Waals surface area contributed by atoms with Crippen molar-refractivity contribution in [1.82, 2.24) is 0 Å². The molecule has 1 N–H and O–H groups in total. The molecule has 2 aliphatic rings. The molecule has 0 unspecified atom stereocenters. The van der Waals surface area contributed by atoms with E-state index in [-0.39, 0.29) is 36.9 Å². The quantitative estimate of drug-likeness (QED) is 0.407. The maximum absolute atomic E-state index is 12.7. The summed E-state index contributed by atoms with van der Waals surface area (Å²) in [5.74, 6) is 0.431. The normalized spacial score (nSPS) is 21.6. The predicted octanol–water partition coefficient (Wildman–Crippen LogP) is 4.01. The predicted molar refractivity (Wildman–Crippen MR) is 115 cm³/mol. The monoisotopic (exact) mass is 422 g/mol. The zero-order valence-corrected chi connectivity index (χ0v) is 17.7. The van der Waals surface area contributed by atoms with Gasteiger partial charge in [-0.25, -0.2) is 0 Å². The summed E-state index contributed by atoms with van der Waals surface area (Å²) in [6.07, 6.45) is 4.71. The van der Waals surface area contributed by atoms with E-state index >= 15 is 0 Å². The van der Waals surface area contributed by atoms with E-state index in [9.17, 15) is 14.4 Å². The fourth-order valence-corrected chi connectivity index (χ4v) is 6.49. The highest BCUT2D eigenvalue weighted by atomic mass is 33.1. The third-order valence-electron chi connectivity index (χ3n) is 4.87. The van der Waals surface area contributed by atoms with Crippen molar-refractivity contribution in [3.05, 3.63) is 24.3 Å². The second kappa shape index (κ2) is 10.2. The molecule has 2 amide bonds. The van der Waals surface area contributed by atoms with Gasteiger partial charge in [0.1, 0.15) is 0 Å². The number of para-hydroxylation sites is 2. The molecule has 0 aliphatic carbocycles. The Morgan fingerprint density at radius 2 is 2.11 bits per heavy atom. The number of nitrogens with zero attached hydrogens (tertiary/aromatic N) is 1. The topological polar surface area (TPSA) is 75.7 Å². The number of unbranched alkanes of at least 4 members (excludes halogenated alkanes) is 1. The van der Waals surface area contributed by atoms with Crippen LogP contribution < -0.4 is 10.2 Å². The van der Waals surface area contributed by atoms with Crippen LogP contribution in [-0.2, 0) is 19.1 Å². The van der Waals surface area contributed by atoms with Crippen molar-refractivity contribution in [2.24, 2.45) is 0 Å². The van der Waals surface area contributed by atoms with Crippen molar-refractivity contribution in [3.63, 3.8) is 0 Å². The van der Waals surface area contributed by atoms with Crippen LogP contribution in [0.4, 0.5) is 11.4 Å². The zero-order chi connectivity index (χ0) is 19.9. The molecular weight excluding hydrogens is 396 g/mol. The third kappa shape index (κ3) is 5.67. The van der Waals surface area contributed by atoms with Crippen molar-refractivity contribution in [2.45, 2.75) is 56.7 Å². The van der Waals surface area contributed by atoms with Gasteiger partial charge in [-0.1, -0.05) is 40.1 Å². The molecule has 1 aromatic carbocycles. The van der Waals surface area contributed by atoms with Crippen LogP contribution in [0.2, 0.25) is 0 Å². The molecule has 8 heteroatoms. The lowest BCUT2D eigenvalue weighted by Gasteiger charge is -2.27. The fourth-order valence-electron chi connectivity index (χ4n) is 3.46. The molecule has 152 valence electrons. The van der Waals surface area contributed by atoms with E-state index < -0.39 is 0 Å². The van der Waals surface area contributed by atoms with Gasteiger partial charge in [-0.05, 0) is 38.3 Å². The van der Waals surface area contributed by atoms with Gasteiger partial charge in [0.25, 0.3) is 5.91 Å². The number of carbonyl (C=O) groups is 3. The first-order valence-electron chi connectivity index (χ1n) is 9.69. The maximum atomic E-state index is 12.7. The van der Waals surface area contributed by atoms with Crippen LogP contribution in [0.3, 0.4) is 0 Å². The van der Waals surface area contributed by atoms with Crippen LogP contribution in [0.15, 0.2) is 24.3 Å². The minimum Gasteiger partial charge on any atom is -0.456 e. The summed E-state index contributed by atoms with van der Waals surface area (Å²) >= 11 is 0. The SMILES string of the molecule is C[C@@H]1CC(=O)Nc2ccccc2N1C(=O)COC(=O)CCCC[C@H]1CCSS1. The van der Waals surface area contributed by atoms with Crippen molar-refractivity contribution in [2.75, 3.05) is 22.6 Å². The molecule has 1 fully saturated rings. The Kier molecular flexibility index (Phi) is 7.67. The van der Waals surface area contributed by atoms with E-state index in [4.69, 9.17) is 4.74 Å². The van der Waals surface area contributed by atoms with Gasteiger partial charge in [0.15, 0.2) is 6.61 Å². The Morgan fingerprint density at radius 1 is 1.29 bits per heavy atom. The van der Waals surface area contributed by atoms with Crippen molar-refractivity contribution >= 4 is 50.7 Å². The molecule has 0 spiro atoms. The van der Waals surface area contributed by atoms with E-state index in [2.05, 4.69) is 5.32 Å². The van der Waals surface area contributed by atoms with Crippen LogP contribution in [0.25, 0.3) is 0 Å². The highest BCUT2D eigenvalue weighted by Crippen LogP contribution is 2.39. The summed E-state index contributed by atoms with van der Waals surface area (Å²) in [4.78, 5) is 38.3. The van der Waals surface area contributed by atoms with Gasteiger partial charge in [0.05, 0.1) is 11.4 Å². The summed E-state index contributed by atoms with van der Waals surface area (Å²) < 4.78 is 5.22. The van der Waals surface area contributed by atoms with Gasteiger partial charge in [-0.3, -0.25) is 14.4 Å². The van der Waals surface area contributed by atoms with Gasteiger partial charge in [0.2, 0.25) is 5.91 Å². The van der Waals surface area contributed by atoms with Crippen LogP contribution in [-0.4, -0.2) is 41.4 Å². The lowest BCUT2D eigenvalue weighted by Crippen LogP contribution is -2.41. The van der Waals surface area contributed by atoms with Gasteiger partial charge in [-0.2, -0.15) is 0 Å². The summed E-state index contributed by atoms with van der Waals surface area (Å²) in [6, 6.07) is 6.86. The number of nitrogens with one attached hydrogen (secondary N) is 1. The second-order valence-electron chi connectivity index (χ2n) is 7.12. The molecule has 2 atom stereocenters. The first kappa shape index (κ1) is 21.0. The smallest absolute Gasteiger partial charge is 0.306 e. The van der Waals surface area contributed by atoms with Crippen molar-refractivity contribution < 1.29 is 19.1 Å². The first-order chi connectivity index (χ1) is 13.5. The van der Waals surface area contributed by atoms with Crippen LogP contribution in [0.1, 0.15) is 45.4 Å². The standard InChI is InChI=1S/C20H26N2O4S2/c1-14-12-18(23)21-16-7-3-4-8-17(16)22(14)19(24)13-26-20(25)9-5-2-6-15-10-11-27-28-15/h3-4,7-8,14-15H,2,5-6,9-13H2,1H3,(H,21,23)/t14-,15+/m1/s1. The number of rotatable bonds is 7. The minimum atomic E-state index is -0.341. The average molecular weight is 423 g/mol. The molecule has 0 bridgehead atoms. The number of hydrogen-bond donors (Lipinski definition) is 1. The largest absolute Gasteiger partial charge is 0.456 e. The summed E-state index contributed by atoms with van der Waals surface area (Å²) in [5.41, 5.74) is 1.23. The third-order valence-corrected chi connectivity index (χ3v) is 7.88. The number of hydrogen-bond acceptors (Lipinski definition) is 6. The number of benzene rings is 1. The van der Waals surface area contributed by atoms with Crippen LogP contribution in [0.5, 0.6) is 0 Å². The van der Waals surface area contributed by atoms with E-state index in [0.29, 0.717) is 23.0 Å². The molecule has 28 heavy (non-hydrogen) atoms. The highest BCUT2D eigenvalue weighted by Gasteiger charge is 2.30. The Bertz CT molecular complexity index is 722. The Hall–Kier alpha value is -1.67. The first-order valence-corrected chi connectivity index (χ1v) is 12.1. The van der Waals surface area contributed by atoms with E-state index in [0.717, 1.165) is 19.3 Å². The molecule has 0 saturated carbocycles. The average Bonchev–Trinajstić information content (AvgIpc) is 3.14. The number of fused-ring (bicyclic) bond motifs is 1. The molecule has 3 rings (SSSR count). The molecule has 0 aromatic heterocycles. The maximum Gasteiger partial charge on any atom is 0.306 e. The number of carbonyl (C=O) groups excluding carboxylic acids is 3. The zero-order valence-electron chi connectivity index (χ0n) is 16.0. The molecule has 2 aliphatic heterocycles. The summed E-state index contributed by atoms with van der Waals surface area (Å²) in [7, 11) is 3.87. The Morgan fingerprint density at radius 3 is 2.89 bits per heavy atom.